The van der Waals surface area contributed by atoms with Gasteiger partial charge in [-0.1, -0.05) is 42.1 Å². The lowest BCUT2D eigenvalue weighted by Gasteiger charge is -2.09. The lowest BCUT2D eigenvalue weighted by Crippen LogP contribution is -2.12. The number of aromatic nitrogens is 4. The number of anilines is 1. The van der Waals surface area contributed by atoms with Gasteiger partial charge in [0.05, 0.1) is 5.69 Å². The predicted molar refractivity (Wildman–Crippen MR) is 99.0 cm³/mol. The molecule has 1 aromatic heterocycles. The molecular weight excluding hydrogens is 334 g/mol. The maximum atomic E-state index is 12.0. The molecule has 1 amide bonds. The molecule has 0 saturated carbocycles. The van der Waals surface area contributed by atoms with Crippen LogP contribution in [-0.4, -0.2) is 31.9 Å². The molecule has 0 fully saturated rings. The van der Waals surface area contributed by atoms with Gasteiger partial charge in [-0.2, -0.15) is 4.68 Å². The number of carbonyl (C=O) groups excluding carboxylic acids is 1. The minimum atomic E-state index is -0.0236. The lowest BCUT2D eigenvalue weighted by molar-refractivity contribution is -0.115. The smallest absolute Gasteiger partial charge is 0.225 e. The maximum Gasteiger partial charge on any atom is 0.225 e. The number of hydrogen-bond acceptors (Lipinski definition) is 5. The number of tetrazole rings is 1. The van der Waals surface area contributed by atoms with Crippen LogP contribution in [0.4, 0.5) is 5.69 Å². The van der Waals surface area contributed by atoms with Crippen molar-refractivity contribution in [3.8, 4) is 5.69 Å². The Morgan fingerprint density at radius 3 is 2.72 bits per heavy atom. The van der Waals surface area contributed by atoms with Crippen LogP contribution < -0.4 is 5.32 Å². The van der Waals surface area contributed by atoms with Crippen molar-refractivity contribution in [3.63, 3.8) is 0 Å². The Morgan fingerprint density at radius 2 is 1.92 bits per heavy atom. The molecule has 3 rings (SSSR count). The van der Waals surface area contributed by atoms with E-state index < -0.39 is 0 Å². The normalized spacial score (nSPS) is 10.6. The molecule has 128 valence electrons. The Kier molecular flexibility index (Phi) is 5.45. The number of nitrogens with one attached hydrogen (secondary N) is 1. The second-order valence-corrected chi connectivity index (χ2v) is 6.67. The first-order valence-electron chi connectivity index (χ1n) is 7.98. The third-order valence-corrected chi connectivity index (χ3v) is 4.78. The highest BCUT2D eigenvalue weighted by molar-refractivity contribution is 7.99. The van der Waals surface area contributed by atoms with Crippen molar-refractivity contribution in [3.05, 3.63) is 59.7 Å². The summed E-state index contributed by atoms with van der Waals surface area (Å²) in [6.45, 7) is 4.11. The van der Waals surface area contributed by atoms with E-state index in [1.54, 1.807) is 4.68 Å². The number of aryl methyl sites for hydroxylation is 1. The summed E-state index contributed by atoms with van der Waals surface area (Å²) >= 11 is 1.47. The van der Waals surface area contributed by atoms with Crippen LogP contribution in [0, 0.1) is 13.8 Å². The van der Waals surface area contributed by atoms with E-state index in [1.165, 1.54) is 17.3 Å². The van der Waals surface area contributed by atoms with Crippen LogP contribution in [0.25, 0.3) is 5.69 Å². The van der Waals surface area contributed by atoms with Gasteiger partial charge in [0.1, 0.15) is 0 Å². The molecule has 0 bridgehead atoms. The van der Waals surface area contributed by atoms with Crippen LogP contribution in [0.1, 0.15) is 17.5 Å². The van der Waals surface area contributed by atoms with E-state index in [-0.39, 0.29) is 5.91 Å². The van der Waals surface area contributed by atoms with Crippen LogP contribution in [0.15, 0.2) is 53.7 Å². The van der Waals surface area contributed by atoms with Crippen molar-refractivity contribution in [2.75, 3.05) is 11.1 Å². The van der Waals surface area contributed by atoms with Gasteiger partial charge < -0.3 is 5.32 Å². The molecule has 0 radical (unpaired) electrons. The zero-order valence-electron chi connectivity index (χ0n) is 14.1. The fourth-order valence-electron chi connectivity index (χ4n) is 2.37. The fourth-order valence-corrected chi connectivity index (χ4v) is 3.19. The van der Waals surface area contributed by atoms with Crippen molar-refractivity contribution in [2.45, 2.75) is 25.4 Å². The molecule has 0 aliphatic carbocycles. The number of rotatable bonds is 6. The van der Waals surface area contributed by atoms with E-state index in [4.69, 9.17) is 0 Å². The molecule has 0 saturated heterocycles. The van der Waals surface area contributed by atoms with Gasteiger partial charge in [0.2, 0.25) is 11.1 Å². The summed E-state index contributed by atoms with van der Waals surface area (Å²) in [5, 5.41) is 15.5. The maximum absolute atomic E-state index is 12.0. The van der Waals surface area contributed by atoms with Crippen LogP contribution in [0.2, 0.25) is 0 Å². The minimum absolute atomic E-state index is 0.0236. The van der Waals surface area contributed by atoms with Crippen LogP contribution in [-0.2, 0) is 4.79 Å². The zero-order chi connectivity index (χ0) is 17.6. The monoisotopic (exact) mass is 353 g/mol. The quantitative estimate of drug-likeness (QED) is 0.688. The first kappa shape index (κ1) is 17.2. The summed E-state index contributed by atoms with van der Waals surface area (Å²) in [4.78, 5) is 12.0. The van der Waals surface area contributed by atoms with E-state index in [9.17, 15) is 4.79 Å². The third-order valence-electron chi connectivity index (χ3n) is 3.86. The SMILES string of the molecule is Cc1cccc(-n2nnnc2SCCC(=O)Nc2ccccc2)c1C. The Hall–Kier alpha value is -2.67. The van der Waals surface area contributed by atoms with Crippen molar-refractivity contribution in [1.29, 1.82) is 0 Å². The minimum Gasteiger partial charge on any atom is -0.326 e. The number of nitrogens with zero attached hydrogens (tertiary/aromatic N) is 4. The first-order chi connectivity index (χ1) is 12.1. The van der Waals surface area contributed by atoms with Crippen LogP contribution in [0.5, 0.6) is 0 Å². The van der Waals surface area contributed by atoms with Crippen molar-refractivity contribution in [2.24, 2.45) is 0 Å². The van der Waals surface area contributed by atoms with Crippen molar-refractivity contribution < 1.29 is 4.79 Å². The molecule has 3 aromatic rings. The fraction of sp³-hybridized carbons (Fsp3) is 0.222. The number of amides is 1. The summed E-state index contributed by atoms with van der Waals surface area (Å²) in [5.41, 5.74) is 4.09. The highest BCUT2D eigenvalue weighted by atomic mass is 32.2. The molecule has 0 atom stereocenters. The summed E-state index contributed by atoms with van der Waals surface area (Å²) in [6.07, 6.45) is 0.388. The number of para-hydroxylation sites is 1. The molecule has 1 heterocycles. The van der Waals surface area contributed by atoms with Gasteiger partial charge in [-0.05, 0) is 53.6 Å². The molecule has 25 heavy (non-hydrogen) atoms. The van der Waals surface area contributed by atoms with E-state index >= 15 is 0 Å². The average Bonchev–Trinajstić information content (AvgIpc) is 3.06. The highest BCUT2D eigenvalue weighted by Gasteiger charge is 2.12. The van der Waals surface area contributed by atoms with Crippen LogP contribution >= 0.6 is 11.8 Å². The van der Waals surface area contributed by atoms with E-state index in [2.05, 4.69) is 33.8 Å². The molecule has 0 aliphatic rings. The Labute approximate surface area is 150 Å². The first-order valence-corrected chi connectivity index (χ1v) is 8.96. The van der Waals surface area contributed by atoms with Gasteiger partial charge in [0, 0.05) is 17.9 Å². The number of hydrogen-bond donors (Lipinski definition) is 1. The molecule has 7 heteroatoms. The van der Waals surface area contributed by atoms with Gasteiger partial charge in [-0.3, -0.25) is 4.79 Å². The Balaban J connectivity index is 1.61. The topological polar surface area (TPSA) is 72.7 Å². The van der Waals surface area contributed by atoms with Crippen LogP contribution in [0.3, 0.4) is 0 Å². The van der Waals surface area contributed by atoms with E-state index in [1.807, 2.05) is 49.4 Å². The zero-order valence-corrected chi connectivity index (χ0v) is 15.0. The van der Waals surface area contributed by atoms with Crippen molar-refractivity contribution in [1.82, 2.24) is 20.2 Å². The van der Waals surface area contributed by atoms with Gasteiger partial charge in [0.25, 0.3) is 0 Å². The molecule has 1 N–H and O–H groups in total. The summed E-state index contributed by atoms with van der Waals surface area (Å²) < 4.78 is 1.72. The molecule has 2 aromatic carbocycles. The van der Waals surface area contributed by atoms with Gasteiger partial charge in [-0.15, -0.1) is 5.10 Å². The third kappa shape index (κ3) is 4.24. The summed E-state index contributed by atoms with van der Waals surface area (Å²) in [6, 6.07) is 15.5. The largest absolute Gasteiger partial charge is 0.326 e. The number of carbonyl (C=O) groups is 1. The Bertz CT molecular complexity index is 863. The highest BCUT2D eigenvalue weighted by Crippen LogP contribution is 2.22. The van der Waals surface area contributed by atoms with E-state index in [0.29, 0.717) is 17.3 Å². The van der Waals surface area contributed by atoms with Crippen molar-refractivity contribution >= 4 is 23.4 Å². The predicted octanol–water partition coefficient (Wildman–Crippen LogP) is 3.40. The second kappa shape index (κ2) is 7.94. The molecule has 0 aliphatic heterocycles. The van der Waals surface area contributed by atoms with Gasteiger partial charge >= 0.3 is 0 Å². The molecule has 0 spiro atoms. The molecule has 0 unspecified atom stereocenters. The number of benzene rings is 2. The lowest BCUT2D eigenvalue weighted by atomic mass is 10.1. The average molecular weight is 353 g/mol. The number of thioether (sulfide) groups is 1. The second-order valence-electron chi connectivity index (χ2n) is 5.60. The summed E-state index contributed by atoms with van der Waals surface area (Å²) in [7, 11) is 0. The summed E-state index contributed by atoms with van der Waals surface area (Å²) in [5.74, 6) is 0.577. The standard InChI is InChI=1S/C18H19N5OS/c1-13-7-6-10-16(14(13)2)23-18(20-21-22-23)25-12-11-17(24)19-15-8-4-3-5-9-15/h3-10H,11-12H2,1-2H3,(H,19,24). The van der Waals surface area contributed by atoms with Gasteiger partial charge in [0.15, 0.2) is 0 Å². The molecule has 6 nitrogen and oxygen atoms in total. The van der Waals surface area contributed by atoms with E-state index in [0.717, 1.165) is 16.9 Å². The van der Waals surface area contributed by atoms with Gasteiger partial charge in [-0.25, -0.2) is 0 Å². The molecular formula is C18H19N5OS. The Morgan fingerprint density at radius 1 is 1.12 bits per heavy atom.